The molecule has 1 N–H and O–H groups in total. The molecule has 0 radical (unpaired) electrons. The van der Waals surface area contributed by atoms with Gasteiger partial charge in [0, 0.05) is 12.8 Å². The molecule has 0 fully saturated rings. The zero-order valence-corrected chi connectivity index (χ0v) is 21.5. The standard InChI is InChI=1S/C23H29N7O5S/c1-5-8-12-29-14-20(35-28-29)27-36(32,33)16-10-11-18(34-7-3)17(13-16)22-25-23(31)21-15(4)24-19(9-6-2)30(21)26-22/h10-11,13-14H,5-9,12H2,1-4H3,(H,25,26,31)/b27-20+. The molecule has 12 nitrogen and oxygen atoms in total. The van der Waals surface area contributed by atoms with Crippen molar-refractivity contribution in [2.24, 2.45) is 4.40 Å². The third-order valence-electron chi connectivity index (χ3n) is 5.47. The molecule has 1 aromatic carbocycles. The van der Waals surface area contributed by atoms with E-state index in [4.69, 9.17) is 9.26 Å². The minimum Gasteiger partial charge on any atom is -0.493 e. The monoisotopic (exact) mass is 515 g/mol. The van der Waals surface area contributed by atoms with Gasteiger partial charge in [-0.25, -0.2) is 14.2 Å². The van der Waals surface area contributed by atoms with E-state index in [-0.39, 0.29) is 21.8 Å². The van der Waals surface area contributed by atoms with Gasteiger partial charge in [0.05, 0.1) is 22.8 Å². The highest BCUT2D eigenvalue weighted by Gasteiger charge is 2.20. The number of H-pyrrole nitrogens is 1. The number of ether oxygens (including phenoxy) is 1. The fourth-order valence-corrected chi connectivity index (χ4v) is 4.71. The van der Waals surface area contributed by atoms with Crippen molar-refractivity contribution < 1.29 is 22.4 Å². The van der Waals surface area contributed by atoms with Crippen molar-refractivity contribution in [3.63, 3.8) is 0 Å². The summed E-state index contributed by atoms with van der Waals surface area (Å²) in [5.41, 5.74) is 0.706. The van der Waals surface area contributed by atoms with Gasteiger partial charge in [0.2, 0.25) is 0 Å². The number of sulfonamides is 1. The Hall–Kier alpha value is -3.74. The maximum Gasteiger partial charge on any atom is 0.283 e. The predicted octanol–water partition coefficient (Wildman–Crippen LogP) is 1.83. The van der Waals surface area contributed by atoms with E-state index in [0.29, 0.717) is 47.9 Å². The Morgan fingerprint density at radius 3 is 2.78 bits per heavy atom. The number of hydrogen-bond acceptors (Lipinski definition) is 8. The van der Waals surface area contributed by atoms with Crippen LogP contribution in [0.15, 0.2) is 43.0 Å². The van der Waals surface area contributed by atoms with Gasteiger partial charge >= 0.3 is 0 Å². The molecule has 13 heteroatoms. The van der Waals surface area contributed by atoms with Crippen LogP contribution in [0.4, 0.5) is 0 Å². The summed E-state index contributed by atoms with van der Waals surface area (Å²) >= 11 is 0. The number of imidazole rings is 1. The SMILES string of the molecule is CCCC[n+]1[cH-]/c(=N\S(=O)(=O)c2ccc(OCC)c(-c3nn4c(CCC)nc(C)c4c(=O)[nH]3)c2)on1. The van der Waals surface area contributed by atoms with E-state index in [1.54, 1.807) is 13.8 Å². The summed E-state index contributed by atoms with van der Waals surface area (Å²) < 4.78 is 43.8. The van der Waals surface area contributed by atoms with Crippen LogP contribution in [0.25, 0.3) is 16.9 Å². The van der Waals surface area contributed by atoms with E-state index in [9.17, 15) is 13.2 Å². The summed E-state index contributed by atoms with van der Waals surface area (Å²) in [5, 5.41) is 8.39. The molecule has 3 heterocycles. The first-order valence-electron chi connectivity index (χ1n) is 11.9. The lowest BCUT2D eigenvalue weighted by Crippen LogP contribution is -2.35. The number of nitrogens with zero attached hydrogens (tertiary/aromatic N) is 6. The Bertz CT molecular complexity index is 1610. The van der Waals surface area contributed by atoms with E-state index in [0.717, 1.165) is 19.3 Å². The highest BCUT2D eigenvalue weighted by atomic mass is 32.2. The zero-order valence-electron chi connectivity index (χ0n) is 20.7. The molecule has 0 aliphatic carbocycles. The lowest BCUT2D eigenvalue weighted by Gasteiger charge is -2.11. The fourth-order valence-electron chi connectivity index (χ4n) is 3.78. The summed E-state index contributed by atoms with van der Waals surface area (Å²) in [6.07, 6.45) is 4.72. The summed E-state index contributed by atoms with van der Waals surface area (Å²) in [6.45, 7) is 8.53. The lowest BCUT2D eigenvalue weighted by atomic mass is 10.2. The zero-order chi connectivity index (χ0) is 25.9. The molecular weight excluding hydrogens is 486 g/mol. The van der Waals surface area contributed by atoms with Gasteiger partial charge in [0.25, 0.3) is 15.6 Å². The van der Waals surface area contributed by atoms with Crippen molar-refractivity contribution in [1.29, 1.82) is 0 Å². The van der Waals surface area contributed by atoms with Crippen LogP contribution in [-0.2, 0) is 23.0 Å². The number of aryl methyl sites for hydroxylation is 3. The Balaban J connectivity index is 1.83. The highest BCUT2D eigenvalue weighted by molar-refractivity contribution is 7.90. The van der Waals surface area contributed by atoms with Crippen molar-refractivity contribution in [2.45, 2.75) is 64.8 Å². The van der Waals surface area contributed by atoms with Gasteiger partial charge in [-0.3, -0.25) is 4.79 Å². The maximum absolute atomic E-state index is 13.1. The van der Waals surface area contributed by atoms with Crippen molar-refractivity contribution >= 4 is 15.5 Å². The van der Waals surface area contributed by atoms with E-state index in [1.807, 2.05) is 13.8 Å². The molecule has 3 aromatic heterocycles. The van der Waals surface area contributed by atoms with Gasteiger partial charge in [-0.15, -0.1) is 9.50 Å². The van der Waals surface area contributed by atoms with Crippen LogP contribution in [0.2, 0.25) is 0 Å². The average Bonchev–Trinajstić information content (AvgIpc) is 3.41. The fraction of sp³-hybridized carbons (Fsp3) is 0.435. The third-order valence-corrected chi connectivity index (χ3v) is 6.74. The summed E-state index contributed by atoms with van der Waals surface area (Å²) in [7, 11) is -4.16. The number of hydrogen-bond donors (Lipinski definition) is 1. The van der Waals surface area contributed by atoms with E-state index < -0.39 is 10.0 Å². The molecule has 192 valence electrons. The molecule has 0 unspecified atom stereocenters. The van der Waals surface area contributed by atoms with Crippen LogP contribution in [0.5, 0.6) is 5.75 Å². The first-order chi connectivity index (χ1) is 17.3. The smallest absolute Gasteiger partial charge is 0.283 e. The molecule has 0 bridgehead atoms. The van der Waals surface area contributed by atoms with Gasteiger partial charge in [-0.1, -0.05) is 20.3 Å². The second-order valence-electron chi connectivity index (χ2n) is 8.24. The maximum atomic E-state index is 13.1. The van der Waals surface area contributed by atoms with Crippen LogP contribution in [-0.4, -0.2) is 39.9 Å². The number of fused-ring (bicyclic) bond motifs is 1. The molecule has 0 saturated heterocycles. The molecule has 0 atom stereocenters. The van der Waals surface area contributed by atoms with E-state index >= 15 is 0 Å². The predicted molar refractivity (Wildman–Crippen MR) is 129 cm³/mol. The highest BCUT2D eigenvalue weighted by Crippen LogP contribution is 2.30. The molecule has 0 saturated carbocycles. The number of benzene rings is 1. The summed E-state index contributed by atoms with van der Waals surface area (Å²) in [5.74, 6) is 1.17. The molecule has 36 heavy (non-hydrogen) atoms. The van der Waals surface area contributed by atoms with Crippen LogP contribution < -0.4 is 20.5 Å². The molecule has 0 amide bonds. The second-order valence-corrected chi connectivity index (χ2v) is 9.84. The lowest BCUT2D eigenvalue weighted by molar-refractivity contribution is -0.762. The quantitative estimate of drug-likeness (QED) is 0.248. The van der Waals surface area contributed by atoms with Crippen LogP contribution in [0.1, 0.15) is 51.6 Å². The average molecular weight is 516 g/mol. The number of unbranched alkanes of at least 4 members (excludes halogenated alkanes) is 1. The summed E-state index contributed by atoms with van der Waals surface area (Å²) in [4.78, 5) is 20.0. The molecular formula is C23H29N7O5S. The van der Waals surface area contributed by atoms with Gasteiger partial charge in [-0.05, 0) is 44.7 Å². The minimum atomic E-state index is -4.16. The number of aromatic amines is 1. The van der Waals surface area contributed by atoms with Crippen molar-refractivity contribution in [3.05, 3.63) is 51.8 Å². The molecule has 0 spiro atoms. The second kappa shape index (κ2) is 10.5. The Labute approximate surface area is 207 Å². The molecule has 4 rings (SSSR count). The molecule has 4 aromatic rings. The number of rotatable bonds is 10. The van der Waals surface area contributed by atoms with Gasteiger partial charge in [0.1, 0.15) is 18.1 Å². The summed E-state index contributed by atoms with van der Waals surface area (Å²) in [6, 6.07) is 4.27. The third kappa shape index (κ3) is 5.10. The van der Waals surface area contributed by atoms with Gasteiger partial charge in [0.15, 0.2) is 22.2 Å². The van der Waals surface area contributed by atoms with E-state index in [1.165, 1.54) is 33.6 Å². The first-order valence-corrected chi connectivity index (χ1v) is 13.3. The normalized spacial score (nSPS) is 12.5. The molecule has 0 aliphatic rings. The Morgan fingerprint density at radius 2 is 2.06 bits per heavy atom. The Morgan fingerprint density at radius 1 is 1.25 bits per heavy atom. The topological polar surface area (TPSA) is 149 Å². The molecule has 0 aliphatic heterocycles. The Kier molecular flexibility index (Phi) is 7.38. The van der Waals surface area contributed by atoms with Crippen LogP contribution in [0.3, 0.4) is 0 Å². The van der Waals surface area contributed by atoms with E-state index in [2.05, 4.69) is 24.7 Å². The van der Waals surface area contributed by atoms with Gasteiger partial charge < -0.3 is 14.2 Å². The number of nitrogens with one attached hydrogen (secondary N) is 1. The van der Waals surface area contributed by atoms with Gasteiger partial charge in [-0.2, -0.15) is 8.42 Å². The van der Waals surface area contributed by atoms with Crippen molar-refractivity contribution in [2.75, 3.05) is 6.61 Å². The number of aromatic nitrogens is 6. The van der Waals surface area contributed by atoms with Crippen molar-refractivity contribution in [1.82, 2.24) is 24.9 Å². The largest absolute Gasteiger partial charge is 0.493 e. The van der Waals surface area contributed by atoms with Crippen molar-refractivity contribution in [3.8, 4) is 17.1 Å². The first kappa shape index (κ1) is 25.4. The van der Waals surface area contributed by atoms with Crippen LogP contribution in [0, 0.1) is 6.92 Å². The minimum absolute atomic E-state index is 0.115. The van der Waals surface area contributed by atoms with Crippen LogP contribution >= 0.6 is 0 Å².